The first-order valence-corrected chi connectivity index (χ1v) is 19.1. The summed E-state index contributed by atoms with van der Waals surface area (Å²) in [6.07, 6.45) is 0. The van der Waals surface area contributed by atoms with Crippen molar-refractivity contribution in [1.82, 2.24) is 0 Å². The third-order valence-corrected chi connectivity index (χ3v) is 12.8. The molecule has 0 aliphatic carbocycles. The van der Waals surface area contributed by atoms with Crippen LogP contribution in [-0.4, -0.2) is 14.5 Å². The summed E-state index contributed by atoms with van der Waals surface area (Å²) in [5, 5.41) is 7.06. The SMILES string of the molecule is c1ccc(-c2ccccc2-c2ccccc2-c2c(-c3cccc4[se]c5ccccc5c34)ccc3c2-c2c4c(ccc2=N3)=c2ccccc2=N4)cc1. The molecule has 2 aliphatic heterocycles. The van der Waals surface area contributed by atoms with Crippen LogP contribution in [0.3, 0.4) is 0 Å². The van der Waals surface area contributed by atoms with Gasteiger partial charge in [-0.3, -0.25) is 0 Å². The van der Waals surface area contributed by atoms with Gasteiger partial charge in [-0.05, 0) is 0 Å². The van der Waals surface area contributed by atoms with Gasteiger partial charge in [-0.25, -0.2) is 0 Å². The Morgan fingerprint density at radius 3 is 1.92 bits per heavy atom. The molecule has 1 aromatic heterocycles. The minimum absolute atomic E-state index is 0.263. The fourth-order valence-electron chi connectivity index (χ4n) is 8.27. The summed E-state index contributed by atoms with van der Waals surface area (Å²) in [7, 11) is 0. The molecule has 0 atom stereocenters. The minimum atomic E-state index is 0.263. The molecule has 0 saturated heterocycles. The molecule has 2 nitrogen and oxygen atoms in total. The van der Waals surface area contributed by atoms with Gasteiger partial charge in [0.2, 0.25) is 0 Å². The van der Waals surface area contributed by atoms with E-state index in [9.17, 15) is 0 Å². The molecule has 11 rings (SSSR count). The molecule has 9 aromatic rings. The summed E-state index contributed by atoms with van der Waals surface area (Å²) in [5.41, 5.74) is 14.0. The van der Waals surface area contributed by atoms with Gasteiger partial charge in [0.15, 0.2) is 0 Å². The third kappa shape index (κ3) is 4.29. The molecule has 0 radical (unpaired) electrons. The number of benzene rings is 8. The zero-order valence-electron chi connectivity index (χ0n) is 27.5. The Morgan fingerprint density at radius 1 is 0.353 bits per heavy atom. The summed E-state index contributed by atoms with van der Waals surface area (Å²) in [5.74, 6) is 0. The Morgan fingerprint density at radius 2 is 1.04 bits per heavy atom. The number of nitrogens with zero attached hydrogens (tertiary/aromatic N) is 2. The van der Waals surface area contributed by atoms with Crippen LogP contribution in [0.25, 0.3) is 74.9 Å². The van der Waals surface area contributed by atoms with E-state index in [2.05, 4.69) is 170 Å². The average molecular weight is 712 g/mol. The van der Waals surface area contributed by atoms with E-state index < -0.39 is 0 Å². The fraction of sp³-hybridized carbons (Fsp3) is 0. The van der Waals surface area contributed by atoms with Crippen LogP contribution in [-0.2, 0) is 0 Å². The van der Waals surface area contributed by atoms with Gasteiger partial charge < -0.3 is 0 Å². The number of hydrogen-bond acceptors (Lipinski definition) is 2. The summed E-state index contributed by atoms with van der Waals surface area (Å²) in [6, 6.07) is 61.8. The van der Waals surface area contributed by atoms with Crippen LogP contribution in [0.15, 0.2) is 180 Å². The molecule has 2 aliphatic rings. The second kappa shape index (κ2) is 11.2. The number of hydrogen-bond donors (Lipinski definition) is 0. The first-order valence-electron chi connectivity index (χ1n) is 17.3. The van der Waals surface area contributed by atoms with Crippen molar-refractivity contribution in [2.24, 2.45) is 9.98 Å². The predicted octanol–water partition coefficient (Wildman–Crippen LogP) is 11.2. The zero-order chi connectivity index (χ0) is 33.5. The van der Waals surface area contributed by atoms with E-state index in [-0.39, 0.29) is 14.5 Å². The molecular formula is C48H28N2Se. The predicted molar refractivity (Wildman–Crippen MR) is 211 cm³/mol. The summed E-state index contributed by atoms with van der Waals surface area (Å²) in [6.45, 7) is 0. The first-order chi connectivity index (χ1) is 25.3. The standard InChI is InChI=1S/C48H28N2Se/c1-2-13-29(14-3-1)30-15-4-5-16-31(30)32-17-6-7-19-34(32)45-36(35-21-12-24-43-44(35)38-20-9-11-23-42(38)51-43)25-27-40-46(45)47-41(49-40)28-26-37-33-18-8-10-22-39(33)50-48(37)47/h1-28H. The van der Waals surface area contributed by atoms with Gasteiger partial charge in [0, 0.05) is 0 Å². The molecular weight excluding hydrogens is 684 g/mol. The second-order valence-electron chi connectivity index (χ2n) is 13.2. The van der Waals surface area contributed by atoms with Crippen LogP contribution in [0.5, 0.6) is 0 Å². The first kappa shape index (κ1) is 28.7. The van der Waals surface area contributed by atoms with Crippen molar-refractivity contribution >= 4 is 45.2 Å². The van der Waals surface area contributed by atoms with Crippen LogP contribution >= 0.6 is 0 Å². The fourth-order valence-corrected chi connectivity index (χ4v) is 10.6. The number of rotatable bonds is 4. The molecule has 8 aromatic carbocycles. The van der Waals surface area contributed by atoms with E-state index in [1.54, 1.807) is 0 Å². The number of para-hydroxylation sites is 1. The molecule has 0 unspecified atom stereocenters. The van der Waals surface area contributed by atoms with Crippen molar-refractivity contribution in [2.45, 2.75) is 0 Å². The van der Waals surface area contributed by atoms with Crippen LogP contribution in [0.1, 0.15) is 0 Å². The molecule has 3 heteroatoms. The molecule has 51 heavy (non-hydrogen) atoms. The van der Waals surface area contributed by atoms with Crippen molar-refractivity contribution < 1.29 is 0 Å². The second-order valence-corrected chi connectivity index (χ2v) is 15.5. The van der Waals surface area contributed by atoms with Gasteiger partial charge in [0.25, 0.3) is 0 Å². The van der Waals surface area contributed by atoms with Crippen molar-refractivity contribution in [3.63, 3.8) is 0 Å². The Hall–Kier alpha value is -6.12. The average Bonchev–Trinajstić information content (AvgIpc) is 3.89. The van der Waals surface area contributed by atoms with Gasteiger partial charge in [-0.15, -0.1) is 0 Å². The molecule has 0 fully saturated rings. The van der Waals surface area contributed by atoms with Gasteiger partial charge >= 0.3 is 296 Å². The van der Waals surface area contributed by atoms with Crippen LogP contribution in [0, 0.1) is 10.4 Å². The van der Waals surface area contributed by atoms with Gasteiger partial charge in [-0.1, -0.05) is 6.07 Å². The van der Waals surface area contributed by atoms with E-state index in [0.717, 1.165) is 33.2 Å². The van der Waals surface area contributed by atoms with E-state index in [1.165, 1.54) is 74.2 Å². The Kier molecular flexibility index (Phi) is 6.30. The maximum absolute atomic E-state index is 5.30. The number of fused-ring (bicyclic) bond motifs is 9. The summed E-state index contributed by atoms with van der Waals surface area (Å²) >= 11 is 0.263. The summed E-state index contributed by atoms with van der Waals surface area (Å²) < 4.78 is 2.88. The Labute approximate surface area is 300 Å². The molecule has 0 saturated carbocycles. The Balaban J connectivity index is 1.28. The molecule has 0 spiro atoms. The normalized spacial score (nSPS) is 12.2. The van der Waals surface area contributed by atoms with E-state index in [0.29, 0.717) is 0 Å². The van der Waals surface area contributed by atoms with Crippen molar-refractivity contribution in [3.8, 4) is 55.6 Å². The van der Waals surface area contributed by atoms with Gasteiger partial charge in [-0.2, -0.15) is 0 Å². The molecule has 0 bridgehead atoms. The third-order valence-electron chi connectivity index (χ3n) is 10.4. The quantitative estimate of drug-likeness (QED) is 0.162. The Bertz CT molecular complexity index is 3140. The van der Waals surface area contributed by atoms with Crippen LogP contribution in [0.4, 0.5) is 11.4 Å². The van der Waals surface area contributed by atoms with E-state index in [4.69, 9.17) is 9.98 Å². The van der Waals surface area contributed by atoms with Crippen LogP contribution in [0.2, 0.25) is 0 Å². The summed E-state index contributed by atoms with van der Waals surface area (Å²) in [4.78, 5) is 10.6. The maximum atomic E-state index is 5.30. The zero-order valence-corrected chi connectivity index (χ0v) is 29.2. The van der Waals surface area contributed by atoms with Crippen molar-refractivity contribution in [1.29, 1.82) is 0 Å². The van der Waals surface area contributed by atoms with E-state index >= 15 is 0 Å². The molecule has 3 heterocycles. The van der Waals surface area contributed by atoms with Gasteiger partial charge in [0.1, 0.15) is 0 Å². The van der Waals surface area contributed by atoms with Gasteiger partial charge in [0.05, 0.1) is 0 Å². The topological polar surface area (TPSA) is 24.7 Å². The van der Waals surface area contributed by atoms with Crippen molar-refractivity contribution in [3.05, 3.63) is 191 Å². The van der Waals surface area contributed by atoms with Crippen LogP contribution < -0.4 is 10.7 Å². The molecule has 0 N–H and O–H groups in total. The van der Waals surface area contributed by atoms with Crippen molar-refractivity contribution in [2.75, 3.05) is 0 Å². The van der Waals surface area contributed by atoms with E-state index in [1.807, 2.05) is 0 Å². The monoisotopic (exact) mass is 712 g/mol. The molecule has 236 valence electrons. The molecule has 0 amide bonds.